The number of amides is 2. The van der Waals surface area contributed by atoms with Crippen molar-refractivity contribution in [3.05, 3.63) is 45.4 Å². The molecule has 2 aromatic rings. The van der Waals surface area contributed by atoms with Crippen LogP contribution >= 0.6 is 22.9 Å². The molecule has 0 spiro atoms. The monoisotopic (exact) mass is 485 g/mol. The third-order valence-electron chi connectivity index (χ3n) is 5.04. The number of hydrogen-bond donors (Lipinski definition) is 1. The highest BCUT2D eigenvalue weighted by Gasteiger charge is 2.21. The Hall–Kier alpha value is -1.97. The molecule has 0 bridgehead atoms. The van der Waals surface area contributed by atoms with Crippen molar-refractivity contribution in [2.24, 2.45) is 5.92 Å². The van der Waals surface area contributed by atoms with Gasteiger partial charge in [0, 0.05) is 61.1 Å². The van der Waals surface area contributed by atoms with Crippen LogP contribution in [0.4, 0.5) is 15.8 Å². The van der Waals surface area contributed by atoms with E-state index in [1.807, 2.05) is 11.8 Å². The zero-order valence-corrected chi connectivity index (χ0v) is 19.8. The van der Waals surface area contributed by atoms with Gasteiger partial charge in [-0.05, 0) is 36.2 Å². The van der Waals surface area contributed by atoms with Crippen LogP contribution in [0.5, 0.6) is 0 Å². The van der Waals surface area contributed by atoms with Crippen molar-refractivity contribution in [3.63, 3.8) is 0 Å². The molecular weight excluding hydrogens is 461 g/mol. The van der Waals surface area contributed by atoms with E-state index in [0.717, 1.165) is 0 Å². The lowest BCUT2D eigenvalue weighted by Gasteiger charge is -2.30. The van der Waals surface area contributed by atoms with Crippen LogP contribution in [0, 0.1) is 11.7 Å². The van der Waals surface area contributed by atoms with Crippen molar-refractivity contribution >= 4 is 56.9 Å². The summed E-state index contributed by atoms with van der Waals surface area (Å²) in [6, 6.07) is 8.09. The summed E-state index contributed by atoms with van der Waals surface area (Å²) < 4.78 is 26.9. The van der Waals surface area contributed by atoms with Gasteiger partial charge in [-0.3, -0.25) is 13.8 Å². The van der Waals surface area contributed by atoms with Gasteiger partial charge in [-0.25, -0.2) is 4.39 Å². The lowest BCUT2D eigenvalue weighted by molar-refractivity contribution is -0.116. The average Bonchev–Trinajstić information content (AvgIpc) is 3.17. The predicted octanol–water partition coefficient (Wildman–Crippen LogP) is 3.53. The molecule has 1 N–H and O–H groups in total. The maximum atomic E-state index is 14.8. The smallest absolute Gasteiger partial charge is 0.261 e. The molecule has 0 aliphatic carbocycles. The summed E-state index contributed by atoms with van der Waals surface area (Å²) >= 11 is 7.07. The number of nitrogens with one attached hydrogen (secondary N) is 1. The van der Waals surface area contributed by atoms with E-state index >= 15 is 0 Å². The molecule has 2 amide bonds. The molecule has 1 atom stereocenters. The van der Waals surface area contributed by atoms with E-state index in [0.29, 0.717) is 58.3 Å². The summed E-state index contributed by atoms with van der Waals surface area (Å²) in [5.74, 6) is 0.179. The van der Waals surface area contributed by atoms with Gasteiger partial charge in [-0.1, -0.05) is 18.5 Å². The van der Waals surface area contributed by atoms with Gasteiger partial charge in [0.15, 0.2) is 0 Å². The Morgan fingerprint density at radius 2 is 2.00 bits per heavy atom. The van der Waals surface area contributed by atoms with Crippen LogP contribution < -0.4 is 15.1 Å². The molecule has 2 heterocycles. The van der Waals surface area contributed by atoms with Crippen molar-refractivity contribution in [2.45, 2.75) is 13.8 Å². The molecule has 1 aromatic heterocycles. The molecule has 10 heteroatoms. The maximum Gasteiger partial charge on any atom is 0.261 e. The highest BCUT2D eigenvalue weighted by Crippen LogP contribution is 2.27. The van der Waals surface area contributed by atoms with Crippen molar-refractivity contribution in [1.82, 2.24) is 5.32 Å². The van der Waals surface area contributed by atoms with Crippen LogP contribution in [0.3, 0.4) is 0 Å². The molecule has 31 heavy (non-hydrogen) atoms. The van der Waals surface area contributed by atoms with Crippen LogP contribution in [0.2, 0.25) is 4.34 Å². The molecule has 1 aliphatic heterocycles. The first kappa shape index (κ1) is 23.7. The van der Waals surface area contributed by atoms with Gasteiger partial charge >= 0.3 is 0 Å². The van der Waals surface area contributed by atoms with E-state index in [1.165, 1.54) is 29.2 Å². The van der Waals surface area contributed by atoms with Crippen molar-refractivity contribution in [2.75, 3.05) is 47.5 Å². The van der Waals surface area contributed by atoms with E-state index in [-0.39, 0.29) is 17.7 Å². The summed E-state index contributed by atoms with van der Waals surface area (Å²) in [7, 11) is -0.835. The normalized spacial score (nSPS) is 15.5. The molecule has 168 valence electrons. The SMILES string of the molecule is CC(=O)N(CC(C)CNC(=O)c1ccc(Cl)s1)c1ccc(N2CCS(=O)CC2)c(F)c1. The maximum absolute atomic E-state index is 14.8. The minimum absolute atomic E-state index is 0.0527. The molecule has 1 unspecified atom stereocenters. The molecule has 6 nitrogen and oxygen atoms in total. The number of hydrogen-bond acceptors (Lipinski definition) is 5. The van der Waals surface area contributed by atoms with Gasteiger partial charge in [0.1, 0.15) is 5.82 Å². The average molecular weight is 486 g/mol. The third kappa shape index (κ3) is 6.27. The summed E-state index contributed by atoms with van der Waals surface area (Å²) in [5.41, 5.74) is 0.927. The molecular formula is C21H25ClFN3O3S2. The fourth-order valence-corrected chi connectivity index (χ4v) is 5.39. The van der Waals surface area contributed by atoms with Gasteiger partial charge in [-0.15, -0.1) is 11.3 Å². The third-order valence-corrected chi connectivity index (χ3v) is 7.55. The summed E-state index contributed by atoms with van der Waals surface area (Å²) in [4.78, 5) is 28.3. The summed E-state index contributed by atoms with van der Waals surface area (Å²) in [6.45, 7) is 5.14. The predicted molar refractivity (Wildman–Crippen MR) is 125 cm³/mol. The summed E-state index contributed by atoms with van der Waals surface area (Å²) in [6.07, 6.45) is 0. The highest BCUT2D eigenvalue weighted by molar-refractivity contribution is 7.85. The van der Waals surface area contributed by atoms with Gasteiger partial charge in [0.05, 0.1) is 14.9 Å². The van der Waals surface area contributed by atoms with E-state index in [4.69, 9.17) is 11.6 Å². The Morgan fingerprint density at radius 3 is 2.58 bits per heavy atom. The standard InChI is InChI=1S/C21H25ClFN3O3S2/c1-14(12-24-21(28)19-5-6-20(22)30-19)13-26(15(2)27)16-3-4-18(17(23)11-16)25-7-9-31(29)10-8-25/h3-6,11,14H,7-10,12-13H2,1-2H3,(H,24,28). The van der Waals surface area contributed by atoms with Crippen LogP contribution in [0.1, 0.15) is 23.5 Å². The number of carbonyl (C=O) groups is 2. The van der Waals surface area contributed by atoms with Crippen molar-refractivity contribution in [3.8, 4) is 0 Å². The number of carbonyl (C=O) groups excluding carboxylic acids is 2. The van der Waals surface area contributed by atoms with Gasteiger partial charge in [0.2, 0.25) is 5.91 Å². The number of thiophene rings is 1. The van der Waals surface area contributed by atoms with E-state index < -0.39 is 16.6 Å². The minimum Gasteiger partial charge on any atom is -0.367 e. The second-order valence-electron chi connectivity index (χ2n) is 7.52. The first-order valence-corrected chi connectivity index (χ1v) is 12.6. The van der Waals surface area contributed by atoms with E-state index in [9.17, 15) is 18.2 Å². The lowest BCUT2D eigenvalue weighted by atomic mass is 10.1. The Morgan fingerprint density at radius 1 is 1.29 bits per heavy atom. The number of rotatable bonds is 7. The molecule has 1 fully saturated rings. The molecule has 1 aliphatic rings. The molecule has 0 radical (unpaired) electrons. The van der Waals surface area contributed by atoms with Gasteiger partial charge in [0.25, 0.3) is 5.91 Å². The zero-order chi connectivity index (χ0) is 22.5. The number of halogens is 2. The largest absolute Gasteiger partial charge is 0.367 e. The first-order chi connectivity index (χ1) is 14.7. The van der Waals surface area contributed by atoms with E-state index in [1.54, 1.807) is 24.3 Å². The Bertz CT molecular complexity index is 975. The number of nitrogens with zero attached hydrogens (tertiary/aromatic N) is 2. The molecule has 1 aromatic carbocycles. The molecule has 1 saturated heterocycles. The Balaban J connectivity index is 1.63. The number of anilines is 2. The van der Waals surface area contributed by atoms with Crippen LogP contribution in [-0.4, -0.2) is 53.7 Å². The summed E-state index contributed by atoms with van der Waals surface area (Å²) in [5, 5.41) is 2.84. The van der Waals surface area contributed by atoms with Crippen LogP contribution in [0.15, 0.2) is 30.3 Å². The minimum atomic E-state index is -0.835. The Labute approximate surface area is 192 Å². The zero-order valence-electron chi connectivity index (χ0n) is 17.4. The lowest BCUT2D eigenvalue weighted by Crippen LogP contribution is -2.39. The second-order valence-corrected chi connectivity index (χ2v) is 10.9. The number of benzene rings is 1. The fraction of sp³-hybridized carbons (Fsp3) is 0.429. The van der Waals surface area contributed by atoms with Crippen molar-refractivity contribution < 1.29 is 18.2 Å². The molecule has 0 saturated carbocycles. The topological polar surface area (TPSA) is 69.7 Å². The quantitative estimate of drug-likeness (QED) is 0.651. The van der Waals surface area contributed by atoms with Crippen LogP contribution in [-0.2, 0) is 15.6 Å². The van der Waals surface area contributed by atoms with E-state index in [2.05, 4.69) is 5.32 Å². The van der Waals surface area contributed by atoms with Crippen molar-refractivity contribution in [1.29, 1.82) is 0 Å². The second kappa shape index (κ2) is 10.6. The Kier molecular flexibility index (Phi) is 8.07. The highest BCUT2D eigenvalue weighted by atomic mass is 35.5. The van der Waals surface area contributed by atoms with Crippen LogP contribution in [0.25, 0.3) is 0 Å². The first-order valence-electron chi connectivity index (χ1n) is 9.95. The molecule has 3 rings (SSSR count). The van der Waals surface area contributed by atoms with Gasteiger partial charge in [-0.2, -0.15) is 0 Å². The fourth-order valence-electron chi connectivity index (χ4n) is 3.38. The van der Waals surface area contributed by atoms with Gasteiger partial charge < -0.3 is 15.1 Å².